The number of rotatable bonds is 3. The third-order valence-corrected chi connectivity index (χ3v) is 7.46. The van der Waals surface area contributed by atoms with Crippen LogP contribution in [-0.4, -0.2) is 18.1 Å². The number of nitrogens with zero attached hydrogens (tertiary/aromatic N) is 1. The fraction of sp³-hybridized carbons (Fsp3) is 0.409. The van der Waals surface area contributed by atoms with Gasteiger partial charge in [0.1, 0.15) is 16.8 Å². The van der Waals surface area contributed by atoms with Gasteiger partial charge in [-0.05, 0) is 82.5 Å². The van der Waals surface area contributed by atoms with Crippen LogP contribution in [0, 0.1) is 22.7 Å². The highest BCUT2D eigenvalue weighted by atomic mass is 79.9. The lowest BCUT2D eigenvalue weighted by Gasteiger charge is -2.33. The minimum Gasteiger partial charge on any atom is -0.496 e. The van der Waals surface area contributed by atoms with Crippen LogP contribution in [0.3, 0.4) is 0 Å². The quantitative estimate of drug-likeness (QED) is 0.525. The highest BCUT2D eigenvalue weighted by molar-refractivity contribution is 9.10. The van der Waals surface area contributed by atoms with Crippen molar-refractivity contribution < 1.29 is 9.53 Å². The second kappa shape index (κ2) is 9.04. The van der Waals surface area contributed by atoms with Gasteiger partial charge in [0.2, 0.25) is 0 Å². The summed E-state index contributed by atoms with van der Waals surface area (Å²) in [6.45, 7) is 6.80. The van der Waals surface area contributed by atoms with Crippen LogP contribution in [0.2, 0.25) is 0 Å². The first-order valence-electron chi connectivity index (χ1n) is 9.64. The van der Waals surface area contributed by atoms with Crippen LogP contribution in [0.4, 0.5) is 5.00 Å². The molecule has 158 valence electrons. The Morgan fingerprint density at radius 2 is 2.13 bits per heavy atom. The number of nitrogens with one attached hydrogen (secondary N) is 2. The highest BCUT2D eigenvalue weighted by Gasteiger charge is 2.32. The maximum Gasteiger partial charge on any atom is 0.257 e. The highest BCUT2D eigenvalue weighted by Crippen LogP contribution is 2.44. The lowest BCUT2D eigenvalue weighted by atomic mass is 9.72. The SMILES string of the molecule is COc1ccc(C(=O)NC(=S)Nc2sc3c(c2C#N)CC[C@H](C(C)(C)C)C3)cc1Br. The summed E-state index contributed by atoms with van der Waals surface area (Å²) in [5.74, 6) is 0.898. The molecule has 0 radical (unpaired) electrons. The molecule has 5 nitrogen and oxygen atoms in total. The van der Waals surface area contributed by atoms with Gasteiger partial charge in [0.25, 0.3) is 5.91 Å². The number of thiocarbonyl (C=S) groups is 1. The molecule has 1 amide bonds. The number of ether oxygens (including phenoxy) is 1. The van der Waals surface area contributed by atoms with Gasteiger partial charge in [0, 0.05) is 10.4 Å². The van der Waals surface area contributed by atoms with Gasteiger partial charge in [-0.15, -0.1) is 11.3 Å². The Kier molecular flexibility index (Phi) is 6.85. The van der Waals surface area contributed by atoms with Crippen LogP contribution in [0.5, 0.6) is 5.75 Å². The maximum atomic E-state index is 12.5. The molecule has 2 aromatic rings. The molecular weight excluding hydrogens is 482 g/mol. The van der Waals surface area contributed by atoms with E-state index in [1.165, 1.54) is 4.88 Å². The number of amides is 1. The number of benzene rings is 1. The van der Waals surface area contributed by atoms with Crippen molar-refractivity contribution in [3.63, 3.8) is 0 Å². The molecule has 1 aromatic heterocycles. The van der Waals surface area contributed by atoms with Gasteiger partial charge in [0.15, 0.2) is 5.11 Å². The number of carbonyl (C=O) groups excluding carboxylic acids is 1. The second-order valence-electron chi connectivity index (χ2n) is 8.38. The summed E-state index contributed by atoms with van der Waals surface area (Å²) < 4.78 is 5.87. The predicted octanol–water partition coefficient (Wildman–Crippen LogP) is 5.67. The molecule has 0 unspecified atom stereocenters. The fourth-order valence-corrected chi connectivity index (χ4v) is 5.73. The monoisotopic (exact) mass is 505 g/mol. The summed E-state index contributed by atoms with van der Waals surface area (Å²) in [6, 6.07) is 7.37. The third-order valence-electron chi connectivity index (χ3n) is 5.47. The average Bonchev–Trinajstić information content (AvgIpc) is 3.02. The molecule has 0 saturated heterocycles. The number of nitriles is 1. The molecule has 8 heteroatoms. The normalized spacial score (nSPS) is 15.7. The van der Waals surface area contributed by atoms with E-state index in [0.29, 0.717) is 32.3 Å². The molecule has 1 atom stereocenters. The Morgan fingerprint density at radius 1 is 1.40 bits per heavy atom. The number of halogens is 1. The van der Waals surface area contributed by atoms with Crippen molar-refractivity contribution in [2.24, 2.45) is 11.3 Å². The fourth-order valence-electron chi connectivity index (χ4n) is 3.65. The van der Waals surface area contributed by atoms with Crippen molar-refractivity contribution >= 4 is 55.5 Å². The van der Waals surface area contributed by atoms with E-state index in [4.69, 9.17) is 17.0 Å². The minimum atomic E-state index is -0.330. The first kappa shape index (κ1) is 22.7. The summed E-state index contributed by atoms with van der Waals surface area (Å²) >= 11 is 10.3. The van der Waals surface area contributed by atoms with Crippen LogP contribution < -0.4 is 15.4 Å². The molecule has 0 bridgehead atoms. The van der Waals surface area contributed by atoms with Gasteiger partial charge in [-0.3, -0.25) is 10.1 Å². The number of hydrogen-bond acceptors (Lipinski definition) is 5. The molecule has 0 spiro atoms. The standard InChI is InChI=1S/C22H24BrN3O2S2/c1-22(2,3)13-6-7-14-15(11-24)20(30-18(14)10-13)26-21(29)25-19(27)12-5-8-17(28-4)16(23)9-12/h5,8-9,13H,6-7,10H2,1-4H3,(H2,25,26,27,29)/t13-/m0/s1. The molecule has 3 rings (SSSR count). The molecule has 0 fully saturated rings. The molecule has 1 aromatic carbocycles. The summed E-state index contributed by atoms with van der Waals surface area (Å²) in [6.07, 6.45) is 2.95. The first-order chi connectivity index (χ1) is 14.1. The Morgan fingerprint density at radius 3 is 2.73 bits per heavy atom. The van der Waals surface area contributed by atoms with Crippen LogP contribution >= 0.6 is 39.5 Å². The van der Waals surface area contributed by atoms with Crippen LogP contribution in [0.1, 0.15) is 53.6 Å². The first-order valence-corrected chi connectivity index (χ1v) is 11.7. The molecule has 30 heavy (non-hydrogen) atoms. The Hall–Kier alpha value is -1.95. The Bertz CT molecular complexity index is 1030. The van der Waals surface area contributed by atoms with Crippen LogP contribution in [0.25, 0.3) is 0 Å². The zero-order valence-corrected chi connectivity index (χ0v) is 20.6. The van der Waals surface area contributed by atoms with Gasteiger partial charge in [0.05, 0.1) is 17.1 Å². The van der Waals surface area contributed by atoms with E-state index in [-0.39, 0.29) is 16.4 Å². The number of thiophene rings is 1. The van der Waals surface area contributed by atoms with E-state index in [0.717, 1.165) is 24.8 Å². The van der Waals surface area contributed by atoms with Crippen molar-refractivity contribution in [2.75, 3.05) is 12.4 Å². The van der Waals surface area contributed by atoms with Gasteiger partial charge in [-0.2, -0.15) is 5.26 Å². The van der Waals surface area contributed by atoms with Crippen molar-refractivity contribution in [3.8, 4) is 11.8 Å². The van der Waals surface area contributed by atoms with Crippen molar-refractivity contribution in [3.05, 3.63) is 44.2 Å². The molecule has 1 aliphatic rings. The zero-order valence-electron chi connectivity index (χ0n) is 17.4. The number of methoxy groups -OCH3 is 1. The number of anilines is 1. The summed E-state index contributed by atoms with van der Waals surface area (Å²) in [5, 5.41) is 16.4. The summed E-state index contributed by atoms with van der Waals surface area (Å²) in [5.41, 5.74) is 2.45. The third kappa shape index (κ3) is 4.85. The Labute approximate surface area is 194 Å². The lowest BCUT2D eigenvalue weighted by Crippen LogP contribution is -2.34. The van der Waals surface area contributed by atoms with E-state index < -0.39 is 0 Å². The summed E-state index contributed by atoms with van der Waals surface area (Å²) in [7, 11) is 1.57. The topological polar surface area (TPSA) is 74.2 Å². The van der Waals surface area contributed by atoms with Gasteiger partial charge >= 0.3 is 0 Å². The molecule has 0 saturated carbocycles. The van der Waals surface area contributed by atoms with Gasteiger partial charge in [-0.1, -0.05) is 20.8 Å². The van der Waals surface area contributed by atoms with Crippen molar-refractivity contribution in [1.29, 1.82) is 5.26 Å². The largest absolute Gasteiger partial charge is 0.496 e. The van der Waals surface area contributed by atoms with Gasteiger partial charge < -0.3 is 10.1 Å². The van der Waals surface area contributed by atoms with E-state index in [1.807, 2.05) is 0 Å². The summed E-state index contributed by atoms with van der Waals surface area (Å²) in [4.78, 5) is 13.8. The zero-order chi connectivity index (χ0) is 22.1. The van der Waals surface area contributed by atoms with E-state index in [2.05, 4.69) is 53.4 Å². The van der Waals surface area contributed by atoms with Crippen molar-refractivity contribution in [2.45, 2.75) is 40.0 Å². The van der Waals surface area contributed by atoms with Crippen molar-refractivity contribution in [1.82, 2.24) is 5.32 Å². The minimum absolute atomic E-state index is 0.175. The lowest BCUT2D eigenvalue weighted by molar-refractivity contribution is 0.0977. The second-order valence-corrected chi connectivity index (χ2v) is 10.8. The molecule has 2 N–H and O–H groups in total. The Balaban J connectivity index is 1.73. The molecule has 1 aliphatic carbocycles. The van der Waals surface area contributed by atoms with E-state index >= 15 is 0 Å². The molecule has 1 heterocycles. The van der Waals surface area contributed by atoms with Gasteiger partial charge in [-0.25, -0.2) is 0 Å². The van der Waals surface area contributed by atoms with E-state index in [1.54, 1.807) is 36.6 Å². The number of fused-ring (bicyclic) bond motifs is 1. The predicted molar refractivity (Wildman–Crippen MR) is 128 cm³/mol. The van der Waals surface area contributed by atoms with Crippen LogP contribution in [-0.2, 0) is 12.8 Å². The van der Waals surface area contributed by atoms with E-state index in [9.17, 15) is 10.1 Å². The average molecular weight is 506 g/mol. The van der Waals surface area contributed by atoms with Crippen LogP contribution in [0.15, 0.2) is 22.7 Å². The smallest absolute Gasteiger partial charge is 0.257 e. The number of carbonyl (C=O) groups is 1. The maximum absolute atomic E-state index is 12.5. The molecular formula is C22H24BrN3O2S2. The number of hydrogen-bond donors (Lipinski definition) is 2. The molecule has 0 aliphatic heterocycles.